The van der Waals surface area contributed by atoms with E-state index in [1.54, 1.807) is 0 Å². The molecule has 0 nitrogen and oxygen atoms in total. The van der Waals surface area contributed by atoms with Gasteiger partial charge in [-0.2, -0.15) is 11.8 Å². The SMILES string of the molecule is CCCCCCCCCCC(CCCCCCCC)SC(CCCCCCCC)CCCCCCCCCC. The van der Waals surface area contributed by atoms with Gasteiger partial charge in [0.15, 0.2) is 0 Å². The van der Waals surface area contributed by atoms with E-state index in [0.717, 1.165) is 10.5 Å². The Morgan fingerprint density at radius 1 is 0.256 bits per heavy atom. The monoisotopic (exact) mass is 567 g/mol. The van der Waals surface area contributed by atoms with Crippen molar-refractivity contribution in [1.82, 2.24) is 0 Å². The van der Waals surface area contributed by atoms with Gasteiger partial charge in [-0.3, -0.25) is 0 Å². The second-order valence-corrected chi connectivity index (χ2v) is 14.6. The molecular weight excluding hydrogens is 488 g/mol. The second-order valence-electron chi connectivity index (χ2n) is 13.0. The van der Waals surface area contributed by atoms with Gasteiger partial charge in [0.25, 0.3) is 0 Å². The normalized spacial score (nSPS) is 13.2. The third kappa shape index (κ3) is 31.1. The van der Waals surface area contributed by atoms with E-state index in [-0.39, 0.29) is 0 Å². The van der Waals surface area contributed by atoms with Crippen LogP contribution in [0.4, 0.5) is 0 Å². The van der Waals surface area contributed by atoms with Crippen LogP contribution >= 0.6 is 11.8 Å². The summed E-state index contributed by atoms with van der Waals surface area (Å²) in [7, 11) is 0. The Kier molecular flexibility index (Phi) is 34.9. The summed E-state index contributed by atoms with van der Waals surface area (Å²) >= 11 is 2.48. The van der Waals surface area contributed by atoms with Crippen LogP contribution in [-0.2, 0) is 0 Å². The third-order valence-corrected chi connectivity index (χ3v) is 10.6. The first-order chi connectivity index (χ1) is 19.3. The van der Waals surface area contributed by atoms with Crippen LogP contribution in [0.25, 0.3) is 0 Å². The molecule has 0 aliphatic rings. The summed E-state index contributed by atoms with van der Waals surface area (Å²) in [5.41, 5.74) is 0. The minimum Gasteiger partial charge on any atom is -0.155 e. The quantitative estimate of drug-likeness (QED) is 0.0698. The molecule has 236 valence electrons. The number of thioether (sulfide) groups is 1. The van der Waals surface area contributed by atoms with Gasteiger partial charge in [0.05, 0.1) is 0 Å². The van der Waals surface area contributed by atoms with Gasteiger partial charge in [-0.15, -0.1) is 0 Å². The molecule has 2 atom stereocenters. The maximum absolute atomic E-state index is 2.48. The summed E-state index contributed by atoms with van der Waals surface area (Å²) in [6, 6.07) is 0. The molecule has 39 heavy (non-hydrogen) atoms. The van der Waals surface area contributed by atoms with E-state index in [1.165, 1.54) is 205 Å². The highest BCUT2D eigenvalue weighted by molar-refractivity contribution is 8.00. The number of hydrogen-bond donors (Lipinski definition) is 0. The van der Waals surface area contributed by atoms with Crippen LogP contribution in [0.15, 0.2) is 0 Å². The molecule has 0 amide bonds. The zero-order chi connectivity index (χ0) is 28.5. The highest BCUT2D eigenvalue weighted by atomic mass is 32.2. The van der Waals surface area contributed by atoms with Crippen molar-refractivity contribution in [1.29, 1.82) is 0 Å². The van der Waals surface area contributed by atoms with Crippen LogP contribution in [0.5, 0.6) is 0 Å². The molecule has 0 aliphatic carbocycles. The Morgan fingerprint density at radius 3 is 0.641 bits per heavy atom. The van der Waals surface area contributed by atoms with E-state index >= 15 is 0 Å². The van der Waals surface area contributed by atoms with E-state index in [2.05, 4.69) is 39.5 Å². The molecule has 0 fully saturated rings. The van der Waals surface area contributed by atoms with Crippen molar-refractivity contribution in [3.05, 3.63) is 0 Å². The number of unbranched alkanes of at least 4 members (excludes halogenated alkanes) is 24. The molecule has 0 saturated heterocycles. The average Bonchev–Trinajstić information content (AvgIpc) is 2.94. The van der Waals surface area contributed by atoms with Crippen LogP contribution in [-0.4, -0.2) is 10.5 Å². The first-order valence-electron chi connectivity index (χ1n) is 18.9. The minimum absolute atomic E-state index is 0.940. The first kappa shape index (κ1) is 39.4. The predicted octanol–water partition coefficient (Wildman–Crippen LogP) is 15.0. The van der Waals surface area contributed by atoms with Gasteiger partial charge in [-0.05, 0) is 25.7 Å². The molecule has 0 aromatic rings. The summed E-state index contributed by atoms with van der Waals surface area (Å²) in [4.78, 5) is 0. The summed E-state index contributed by atoms with van der Waals surface area (Å²) in [5.74, 6) is 0. The fourth-order valence-corrected chi connectivity index (χ4v) is 7.90. The van der Waals surface area contributed by atoms with Crippen LogP contribution in [0.1, 0.15) is 233 Å². The Hall–Kier alpha value is 0.350. The van der Waals surface area contributed by atoms with Crippen LogP contribution in [0.3, 0.4) is 0 Å². The summed E-state index contributed by atoms with van der Waals surface area (Å²) in [5, 5.41) is 1.88. The van der Waals surface area contributed by atoms with Crippen molar-refractivity contribution in [2.45, 2.75) is 244 Å². The minimum atomic E-state index is 0.940. The Labute approximate surface area is 254 Å². The van der Waals surface area contributed by atoms with Gasteiger partial charge in [0.2, 0.25) is 0 Å². The largest absolute Gasteiger partial charge is 0.155 e. The van der Waals surface area contributed by atoms with E-state index in [1.807, 2.05) is 0 Å². The van der Waals surface area contributed by atoms with E-state index in [9.17, 15) is 0 Å². The molecule has 0 N–H and O–H groups in total. The van der Waals surface area contributed by atoms with E-state index in [4.69, 9.17) is 0 Å². The number of hydrogen-bond acceptors (Lipinski definition) is 1. The van der Waals surface area contributed by atoms with Gasteiger partial charge in [0.1, 0.15) is 0 Å². The molecule has 0 aliphatic heterocycles. The van der Waals surface area contributed by atoms with Crippen molar-refractivity contribution in [3.63, 3.8) is 0 Å². The van der Waals surface area contributed by atoms with Crippen molar-refractivity contribution < 1.29 is 0 Å². The zero-order valence-electron chi connectivity index (χ0n) is 28.2. The van der Waals surface area contributed by atoms with Gasteiger partial charge >= 0.3 is 0 Å². The molecule has 0 heterocycles. The van der Waals surface area contributed by atoms with Gasteiger partial charge in [-0.1, -0.05) is 207 Å². The average molecular weight is 567 g/mol. The lowest BCUT2D eigenvalue weighted by Gasteiger charge is -2.24. The zero-order valence-corrected chi connectivity index (χ0v) is 29.0. The molecule has 0 bridgehead atoms. The fourth-order valence-electron chi connectivity index (χ4n) is 6.15. The summed E-state index contributed by atoms with van der Waals surface area (Å²) < 4.78 is 0. The van der Waals surface area contributed by atoms with Crippen LogP contribution < -0.4 is 0 Å². The molecule has 0 saturated carbocycles. The van der Waals surface area contributed by atoms with Crippen molar-refractivity contribution in [3.8, 4) is 0 Å². The van der Waals surface area contributed by atoms with Gasteiger partial charge < -0.3 is 0 Å². The van der Waals surface area contributed by atoms with Crippen LogP contribution in [0, 0.1) is 0 Å². The lowest BCUT2D eigenvalue weighted by molar-refractivity contribution is 0.523. The maximum atomic E-state index is 2.48. The van der Waals surface area contributed by atoms with Gasteiger partial charge in [0, 0.05) is 10.5 Å². The standard InChI is InChI=1S/C38H78S/c1-5-9-13-17-21-23-27-31-35-37(33-29-25-19-15-11-7-3)39-38(34-30-26-20-16-12-8-4)36-32-28-24-22-18-14-10-6-2/h37-38H,5-36H2,1-4H3. The Morgan fingerprint density at radius 2 is 0.436 bits per heavy atom. The molecule has 0 aromatic carbocycles. The summed E-state index contributed by atoms with van der Waals surface area (Å²) in [6.07, 6.45) is 46.8. The maximum Gasteiger partial charge on any atom is 0.00498 e. The smallest absolute Gasteiger partial charge is 0.00498 e. The molecule has 0 rings (SSSR count). The molecule has 0 aromatic heterocycles. The van der Waals surface area contributed by atoms with E-state index < -0.39 is 0 Å². The lowest BCUT2D eigenvalue weighted by Crippen LogP contribution is -2.12. The summed E-state index contributed by atoms with van der Waals surface area (Å²) in [6.45, 7) is 9.34. The van der Waals surface area contributed by atoms with Crippen molar-refractivity contribution >= 4 is 11.8 Å². The highest BCUT2D eigenvalue weighted by Gasteiger charge is 2.17. The highest BCUT2D eigenvalue weighted by Crippen LogP contribution is 2.33. The number of rotatable bonds is 34. The predicted molar refractivity (Wildman–Crippen MR) is 186 cm³/mol. The molecule has 1 heteroatoms. The fraction of sp³-hybridized carbons (Fsp3) is 1.00. The Bertz CT molecular complexity index is 381. The molecule has 2 unspecified atom stereocenters. The second kappa shape index (κ2) is 34.6. The first-order valence-corrected chi connectivity index (χ1v) is 19.9. The van der Waals surface area contributed by atoms with Crippen molar-refractivity contribution in [2.75, 3.05) is 0 Å². The van der Waals surface area contributed by atoms with Crippen molar-refractivity contribution in [2.24, 2.45) is 0 Å². The molecule has 0 spiro atoms. The van der Waals surface area contributed by atoms with Crippen LogP contribution in [0.2, 0.25) is 0 Å². The topological polar surface area (TPSA) is 0 Å². The molecular formula is C38H78S. The lowest BCUT2D eigenvalue weighted by atomic mass is 10.0. The molecule has 0 radical (unpaired) electrons. The Balaban J connectivity index is 4.60. The third-order valence-electron chi connectivity index (χ3n) is 8.90. The van der Waals surface area contributed by atoms with E-state index in [0.29, 0.717) is 0 Å². The van der Waals surface area contributed by atoms with Gasteiger partial charge in [-0.25, -0.2) is 0 Å².